The lowest BCUT2D eigenvalue weighted by atomic mass is 10.2. The second kappa shape index (κ2) is 3.36. The molecular weight excluding hydrogens is 210 g/mol. The lowest BCUT2D eigenvalue weighted by Crippen LogP contribution is -2.50. The summed E-state index contributed by atoms with van der Waals surface area (Å²) in [5.41, 5.74) is 0.944. The van der Waals surface area contributed by atoms with Gasteiger partial charge in [-0.1, -0.05) is 12.1 Å². The van der Waals surface area contributed by atoms with E-state index >= 15 is 0 Å². The lowest BCUT2D eigenvalue weighted by Gasteiger charge is -2.23. The highest BCUT2D eigenvalue weighted by Gasteiger charge is 2.46. The van der Waals surface area contributed by atoms with Crippen molar-refractivity contribution < 1.29 is 4.79 Å². The molecule has 1 aromatic carbocycles. The third-order valence-corrected chi connectivity index (χ3v) is 3.89. The molecule has 5 heteroatoms. The first-order valence-corrected chi connectivity index (χ1v) is 5.36. The van der Waals surface area contributed by atoms with Crippen LogP contribution in [-0.2, 0) is 4.79 Å². The second-order valence-electron chi connectivity index (χ2n) is 3.51. The Hall–Kier alpha value is -1.33. The van der Waals surface area contributed by atoms with Crippen molar-refractivity contribution in [1.29, 1.82) is 0 Å². The lowest BCUT2D eigenvalue weighted by molar-refractivity contribution is -0.123. The monoisotopic (exact) mass is 222 g/mol. The number of quaternary nitrogens is 1. The van der Waals surface area contributed by atoms with Gasteiger partial charge in [-0.2, -0.15) is 4.48 Å². The van der Waals surface area contributed by atoms with Crippen LogP contribution in [0.2, 0.25) is 0 Å². The van der Waals surface area contributed by atoms with Crippen molar-refractivity contribution >= 4 is 28.5 Å². The smallest absolute Gasteiger partial charge is 0.317 e. The number of nitrogens with zero attached hydrogens (tertiary/aromatic N) is 2. The fourth-order valence-corrected chi connectivity index (χ4v) is 2.81. The van der Waals surface area contributed by atoms with Gasteiger partial charge in [0.05, 0.1) is 18.9 Å². The molecule has 1 aliphatic heterocycles. The van der Waals surface area contributed by atoms with E-state index in [9.17, 15) is 4.79 Å². The molecule has 1 atom stereocenters. The number of hydrogen-bond donors (Lipinski definition) is 1. The first-order chi connectivity index (χ1) is 7.10. The van der Waals surface area contributed by atoms with E-state index in [1.54, 1.807) is 6.92 Å². The Bertz CT molecular complexity index is 458. The maximum absolute atomic E-state index is 11.7. The first kappa shape index (κ1) is 10.2. The number of para-hydroxylation sites is 1. The zero-order chi connectivity index (χ0) is 11.1. The molecular formula is C10H12N3OS+. The van der Waals surface area contributed by atoms with Gasteiger partial charge in [0.1, 0.15) is 0 Å². The zero-order valence-electron chi connectivity index (χ0n) is 8.60. The van der Waals surface area contributed by atoms with Gasteiger partial charge >= 0.3 is 5.91 Å². The number of hydrogen-bond acceptors (Lipinski definition) is 4. The van der Waals surface area contributed by atoms with Gasteiger partial charge in [0.25, 0.3) is 5.17 Å². The first-order valence-electron chi connectivity index (χ1n) is 4.54. The minimum atomic E-state index is 0.0108. The van der Waals surface area contributed by atoms with Gasteiger partial charge in [-0.25, -0.2) is 4.79 Å². The summed E-state index contributed by atoms with van der Waals surface area (Å²) in [6, 6.07) is 7.76. The number of amidine groups is 1. The molecule has 1 heterocycles. The quantitative estimate of drug-likeness (QED) is 0.411. The number of thioether (sulfide) groups is 1. The molecule has 2 rings (SSSR count). The second-order valence-corrected chi connectivity index (χ2v) is 4.52. The largest absolute Gasteiger partial charge is 0.322 e. The van der Waals surface area contributed by atoms with Crippen molar-refractivity contribution in [2.45, 2.75) is 11.8 Å². The minimum Gasteiger partial charge on any atom is -0.317 e. The molecule has 1 amide bonds. The fraction of sp³-hybridized carbons (Fsp3) is 0.200. The van der Waals surface area contributed by atoms with Gasteiger partial charge in [0, 0.05) is 6.07 Å². The molecule has 2 N–H and O–H groups in total. The predicted octanol–water partition coefficient (Wildman–Crippen LogP) is 1.51. The van der Waals surface area contributed by atoms with Crippen molar-refractivity contribution in [3.05, 3.63) is 24.3 Å². The van der Waals surface area contributed by atoms with E-state index in [0.717, 1.165) is 10.6 Å². The van der Waals surface area contributed by atoms with Crippen molar-refractivity contribution in [1.82, 2.24) is 4.48 Å². The maximum atomic E-state index is 11.7. The topological polar surface area (TPSA) is 55.5 Å². The van der Waals surface area contributed by atoms with Crippen LogP contribution in [0.3, 0.4) is 0 Å². The summed E-state index contributed by atoms with van der Waals surface area (Å²) >= 11 is 1.45. The van der Waals surface area contributed by atoms with Crippen LogP contribution in [0.1, 0.15) is 6.92 Å². The summed E-state index contributed by atoms with van der Waals surface area (Å²) in [4.78, 5) is 12.8. The molecule has 0 saturated carbocycles. The zero-order valence-corrected chi connectivity index (χ0v) is 9.41. The van der Waals surface area contributed by atoms with E-state index in [1.165, 1.54) is 11.8 Å². The maximum Gasteiger partial charge on any atom is 0.322 e. The summed E-state index contributed by atoms with van der Waals surface area (Å²) < 4.78 is 0.0668. The molecule has 1 aliphatic rings. The van der Waals surface area contributed by atoms with Crippen LogP contribution in [0.4, 0.5) is 5.69 Å². The van der Waals surface area contributed by atoms with Gasteiger partial charge in [0.2, 0.25) is 0 Å². The van der Waals surface area contributed by atoms with Crippen LogP contribution in [0, 0.1) is 0 Å². The molecule has 4 nitrogen and oxygen atoms in total. The minimum absolute atomic E-state index is 0.0108. The van der Waals surface area contributed by atoms with Gasteiger partial charge in [-0.05, 0) is 17.8 Å². The van der Waals surface area contributed by atoms with Crippen LogP contribution >= 0.6 is 11.8 Å². The Morgan fingerprint density at radius 2 is 2.13 bits per heavy atom. The molecule has 0 bridgehead atoms. The van der Waals surface area contributed by atoms with Gasteiger partial charge in [-0.15, -0.1) is 5.10 Å². The van der Waals surface area contributed by atoms with E-state index in [1.807, 2.05) is 31.3 Å². The Kier molecular flexibility index (Phi) is 2.28. The van der Waals surface area contributed by atoms with Crippen molar-refractivity contribution in [2.75, 3.05) is 7.05 Å². The fourth-order valence-electron chi connectivity index (χ4n) is 1.65. The van der Waals surface area contributed by atoms with Crippen LogP contribution in [0.5, 0.6) is 0 Å². The molecule has 15 heavy (non-hydrogen) atoms. The number of amides is 1. The van der Waals surface area contributed by atoms with Crippen LogP contribution in [0.15, 0.2) is 34.3 Å². The summed E-state index contributed by atoms with van der Waals surface area (Å²) in [7, 11) is 1.81. The Morgan fingerprint density at radius 3 is 2.73 bits per heavy atom. The van der Waals surface area contributed by atoms with Crippen LogP contribution in [0.25, 0.3) is 0 Å². The van der Waals surface area contributed by atoms with E-state index in [4.69, 9.17) is 5.84 Å². The normalized spacial score (nSPS) is 26.7. The van der Waals surface area contributed by atoms with Gasteiger partial charge < -0.3 is 5.84 Å². The molecule has 78 valence electrons. The van der Waals surface area contributed by atoms with Crippen molar-refractivity contribution in [2.24, 2.45) is 10.9 Å². The summed E-state index contributed by atoms with van der Waals surface area (Å²) in [6.45, 7) is 1.55. The highest BCUT2D eigenvalue weighted by molar-refractivity contribution is 8.14. The summed E-state index contributed by atoms with van der Waals surface area (Å²) in [5, 5.41) is 4.32. The highest BCUT2D eigenvalue weighted by Crippen LogP contribution is 2.44. The SMILES string of the molecule is CC(=O)[N+]1(C)C(=NN)Sc2ccccc21. The Labute approximate surface area is 92.3 Å². The van der Waals surface area contributed by atoms with Crippen LogP contribution < -0.4 is 10.3 Å². The Morgan fingerprint density at radius 1 is 1.47 bits per heavy atom. The molecule has 1 aromatic rings. The van der Waals surface area contributed by atoms with E-state index in [2.05, 4.69) is 5.10 Å². The number of nitrogens with two attached hydrogens (primary N) is 1. The third-order valence-electron chi connectivity index (χ3n) is 2.67. The average molecular weight is 222 g/mol. The summed E-state index contributed by atoms with van der Waals surface area (Å²) in [6.07, 6.45) is 0. The van der Waals surface area contributed by atoms with Gasteiger partial charge in [0.15, 0.2) is 5.69 Å². The predicted molar refractivity (Wildman–Crippen MR) is 62.3 cm³/mol. The van der Waals surface area contributed by atoms with E-state index < -0.39 is 0 Å². The number of hydrazone groups is 1. The molecule has 0 aliphatic carbocycles. The van der Waals surface area contributed by atoms with E-state index in [0.29, 0.717) is 5.17 Å². The average Bonchev–Trinajstić information content (AvgIpc) is 2.54. The standard InChI is InChI=1S/C10H12N3OS/c1-7(14)13(2)8-5-3-4-6-9(8)15-10(13)12-11/h3-6H,11H2,1-2H3/q+1. The molecule has 1 unspecified atom stereocenters. The number of rotatable bonds is 0. The number of fused-ring (bicyclic) bond motifs is 1. The number of benzene rings is 1. The highest BCUT2D eigenvalue weighted by atomic mass is 32.2. The molecule has 0 saturated heterocycles. The number of carbonyl (C=O) groups is 1. The summed E-state index contributed by atoms with van der Waals surface area (Å²) in [5.74, 6) is 5.34. The molecule has 0 fully saturated rings. The van der Waals surface area contributed by atoms with Gasteiger partial charge in [-0.3, -0.25) is 0 Å². The third kappa shape index (κ3) is 1.27. The molecule has 0 aromatic heterocycles. The Balaban J connectivity index is 2.67. The van der Waals surface area contributed by atoms with Crippen molar-refractivity contribution in [3.63, 3.8) is 0 Å². The van der Waals surface area contributed by atoms with E-state index in [-0.39, 0.29) is 10.4 Å². The van der Waals surface area contributed by atoms with Crippen molar-refractivity contribution in [3.8, 4) is 0 Å². The molecule has 0 radical (unpaired) electrons. The number of carbonyl (C=O) groups excluding carboxylic acids is 1. The van der Waals surface area contributed by atoms with Crippen LogP contribution in [-0.4, -0.2) is 18.1 Å². The molecule has 0 spiro atoms.